The Morgan fingerprint density at radius 3 is 1.27 bits per heavy atom. The van der Waals surface area contributed by atoms with Crippen LogP contribution in [0.15, 0.2) is 23.3 Å². The minimum Gasteiger partial charge on any atom is -0.204 e. The molecule has 30 heavy (non-hydrogen) atoms. The summed E-state index contributed by atoms with van der Waals surface area (Å²) in [4.78, 5) is 0. The van der Waals surface area contributed by atoms with Crippen LogP contribution < -0.4 is 0 Å². The molecule has 1 aromatic rings. The first-order chi connectivity index (χ1) is 13.1. The fraction of sp³-hybridized carbons (Fsp3) is 0.286. The van der Waals surface area contributed by atoms with Gasteiger partial charge >= 0.3 is 24.7 Å². The molecule has 0 aromatic heterocycles. The number of hydrogen-bond donors (Lipinski definition) is 0. The Hall–Kier alpha value is -2.42. The lowest BCUT2D eigenvalue weighted by atomic mass is 9.91. The smallest absolute Gasteiger partial charge is 0.204 e. The van der Waals surface area contributed by atoms with Gasteiger partial charge in [0.05, 0.1) is 22.3 Å². The Kier molecular flexibility index (Phi) is 6.56. The summed E-state index contributed by atoms with van der Waals surface area (Å²) in [6.07, 6.45) is -29.2. The Bertz CT molecular complexity index is 845. The van der Waals surface area contributed by atoms with Crippen LogP contribution in [0.1, 0.15) is 5.56 Å². The maximum absolute atomic E-state index is 13.7. The molecule has 170 valence electrons. The molecule has 0 aliphatic carbocycles. The van der Waals surface area contributed by atoms with Gasteiger partial charge < -0.3 is 0 Å². The van der Waals surface area contributed by atoms with Crippen molar-refractivity contribution in [1.82, 2.24) is 0 Å². The molecule has 0 bridgehead atoms. The predicted molar refractivity (Wildman–Crippen MR) is 65.5 cm³/mol. The van der Waals surface area contributed by atoms with Crippen LogP contribution in [0.3, 0.4) is 0 Å². The normalized spacial score (nSPS) is 15.4. The third-order valence-corrected chi connectivity index (χ3v) is 3.06. The molecule has 0 atom stereocenters. The van der Waals surface area contributed by atoms with Gasteiger partial charge in [0, 0.05) is 12.1 Å². The van der Waals surface area contributed by atoms with E-state index < -0.39 is 82.4 Å². The van der Waals surface area contributed by atoms with Gasteiger partial charge in [0.2, 0.25) is 0 Å². The van der Waals surface area contributed by atoms with Crippen LogP contribution in [0.25, 0.3) is 5.57 Å². The van der Waals surface area contributed by atoms with Gasteiger partial charge in [0.1, 0.15) is 0 Å². The molecule has 0 N–H and O–H groups in total. The van der Waals surface area contributed by atoms with E-state index in [9.17, 15) is 70.2 Å². The van der Waals surface area contributed by atoms with Crippen molar-refractivity contribution in [3.8, 4) is 0 Å². The maximum Gasteiger partial charge on any atom is 0.417 e. The molecule has 0 nitrogen and oxygen atoms in total. The van der Waals surface area contributed by atoms with E-state index in [1.165, 1.54) is 0 Å². The number of halogens is 16. The maximum atomic E-state index is 13.7. The number of rotatable bonds is 2. The number of benzene rings is 1. The number of hydrogen-bond acceptors (Lipinski definition) is 0. The molecule has 0 aliphatic rings. The summed E-state index contributed by atoms with van der Waals surface area (Å²) in [5.41, 5.74) is -15.7. The lowest BCUT2D eigenvalue weighted by Gasteiger charge is -2.24. The van der Waals surface area contributed by atoms with Crippen LogP contribution in [0.5, 0.6) is 0 Å². The largest absolute Gasteiger partial charge is 0.417 e. The second-order valence-electron chi connectivity index (χ2n) is 5.19. The molecule has 1 rings (SSSR count). The summed E-state index contributed by atoms with van der Waals surface area (Å²) in [6, 6.07) is -0.786. The summed E-state index contributed by atoms with van der Waals surface area (Å²) >= 11 is 0. The average molecular weight is 474 g/mol. The van der Waals surface area contributed by atoms with Gasteiger partial charge in [-0.2, -0.15) is 52.7 Å². The predicted octanol–water partition coefficient (Wildman–Crippen LogP) is 7.17. The van der Waals surface area contributed by atoms with Crippen molar-refractivity contribution in [2.24, 2.45) is 0 Å². The molecular weight excluding hydrogens is 472 g/mol. The summed E-state index contributed by atoms with van der Waals surface area (Å²) in [5.74, 6) is -12.0. The summed E-state index contributed by atoms with van der Waals surface area (Å²) in [6.45, 7) is 0. The molecule has 0 saturated heterocycles. The van der Waals surface area contributed by atoms with Crippen molar-refractivity contribution >= 4 is 5.57 Å². The Morgan fingerprint density at radius 2 is 1.00 bits per heavy atom. The van der Waals surface area contributed by atoms with E-state index in [-0.39, 0.29) is 0 Å². The molecule has 0 saturated carbocycles. The van der Waals surface area contributed by atoms with Gasteiger partial charge in [0.25, 0.3) is 0 Å². The fourth-order valence-corrected chi connectivity index (χ4v) is 2.09. The molecule has 0 radical (unpaired) electrons. The highest BCUT2D eigenvalue weighted by molar-refractivity contribution is 5.78. The molecule has 0 amide bonds. The van der Waals surface area contributed by atoms with E-state index >= 15 is 0 Å². The molecule has 16 heteroatoms. The van der Waals surface area contributed by atoms with Crippen LogP contribution in [-0.2, 0) is 0 Å². The second kappa shape index (κ2) is 7.68. The third kappa shape index (κ3) is 5.59. The first-order valence-corrected chi connectivity index (χ1v) is 6.68. The van der Waals surface area contributed by atoms with Gasteiger partial charge in [0.15, 0.2) is 23.3 Å². The molecule has 0 aliphatic heterocycles. The van der Waals surface area contributed by atoms with Crippen LogP contribution in [0, 0.1) is 23.3 Å². The van der Waals surface area contributed by atoms with Crippen LogP contribution >= 0.6 is 0 Å². The van der Waals surface area contributed by atoms with Gasteiger partial charge in [-0.3, -0.25) is 0 Å². The van der Waals surface area contributed by atoms with Crippen molar-refractivity contribution in [1.29, 1.82) is 0 Å². The van der Waals surface area contributed by atoms with Crippen LogP contribution in [0.4, 0.5) is 70.2 Å². The van der Waals surface area contributed by atoms with Gasteiger partial charge in [-0.15, -0.1) is 0 Å². The number of allylic oxidation sites excluding steroid dienone is 4. The SMILES string of the molecule is Fc1cc(F)c(F)c(/C(=C(\C(=CC(F)(F)F)C(F)(F)F)C(F)(F)F)C(F)(F)F)c1F. The average Bonchev–Trinajstić information content (AvgIpc) is 2.46. The zero-order valence-electron chi connectivity index (χ0n) is 13.2. The van der Waals surface area contributed by atoms with E-state index in [0.29, 0.717) is 0 Å². The highest BCUT2D eigenvalue weighted by atomic mass is 19.4. The van der Waals surface area contributed by atoms with E-state index in [4.69, 9.17) is 0 Å². The molecule has 0 unspecified atom stereocenters. The van der Waals surface area contributed by atoms with E-state index in [1.54, 1.807) is 0 Å². The minimum atomic E-state index is -6.99. The quantitative estimate of drug-likeness (QED) is 0.242. The summed E-state index contributed by atoms with van der Waals surface area (Å²) in [7, 11) is 0. The Morgan fingerprint density at radius 1 is 0.600 bits per heavy atom. The van der Waals surface area contributed by atoms with Crippen molar-refractivity contribution < 1.29 is 70.2 Å². The third-order valence-electron chi connectivity index (χ3n) is 3.06. The molecule has 1 aromatic carbocycles. The van der Waals surface area contributed by atoms with Crippen molar-refractivity contribution in [3.05, 3.63) is 52.1 Å². The molecule has 0 fully saturated rings. The van der Waals surface area contributed by atoms with Crippen LogP contribution in [0.2, 0.25) is 0 Å². The Balaban J connectivity index is 4.44. The summed E-state index contributed by atoms with van der Waals surface area (Å²) < 4.78 is 208. The second-order valence-corrected chi connectivity index (χ2v) is 5.19. The monoisotopic (exact) mass is 474 g/mol. The van der Waals surface area contributed by atoms with Gasteiger partial charge in [-0.05, 0) is 0 Å². The fourth-order valence-electron chi connectivity index (χ4n) is 2.09. The molecule has 0 heterocycles. The first-order valence-electron chi connectivity index (χ1n) is 6.68. The zero-order chi connectivity index (χ0) is 24.0. The van der Waals surface area contributed by atoms with E-state index in [0.717, 1.165) is 0 Å². The molecular formula is C14H2F16. The topological polar surface area (TPSA) is 0 Å². The highest BCUT2D eigenvalue weighted by Crippen LogP contribution is 2.50. The van der Waals surface area contributed by atoms with Crippen LogP contribution in [-0.4, -0.2) is 24.7 Å². The standard InChI is InChI=1S/C14H2F16/c15-4-1-5(16)10(18)6(9(4)17)8(14(28,29)30)7(13(25,26)27)3(12(22,23)24)2-11(19,20)21/h1-2H/b3-2?,8-7-. The van der Waals surface area contributed by atoms with E-state index in [1.807, 2.05) is 0 Å². The van der Waals surface area contributed by atoms with E-state index in [2.05, 4.69) is 0 Å². The first kappa shape index (κ1) is 25.6. The highest BCUT2D eigenvalue weighted by Gasteiger charge is 2.55. The van der Waals surface area contributed by atoms with Gasteiger partial charge in [-0.25, -0.2) is 17.6 Å². The summed E-state index contributed by atoms with van der Waals surface area (Å²) in [5, 5.41) is 0. The van der Waals surface area contributed by atoms with Crippen molar-refractivity contribution in [3.63, 3.8) is 0 Å². The van der Waals surface area contributed by atoms with Gasteiger partial charge in [-0.1, -0.05) is 0 Å². The minimum absolute atomic E-state index is 0.786. The van der Waals surface area contributed by atoms with Crippen molar-refractivity contribution in [2.75, 3.05) is 0 Å². The lowest BCUT2D eigenvalue weighted by Crippen LogP contribution is -2.30. The van der Waals surface area contributed by atoms with Crippen molar-refractivity contribution in [2.45, 2.75) is 24.7 Å². The molecule has 0 spiro atoms. The Labute approximate surface area is 154 Å². The lowest BCUT2D eigenvalue weighted by molar-refractivity contribution is -0.127. The zero-order valence-corrected chi connectivity index (χ0v) is 13.2. The number of alkyl halides is 12.